The molecule has 88 valence electrons. The number of imidazole rings is 1. The second kappa shape index (κ2) is 4.21. The molecule has 2 fully saturated rings. The van der Waals surface area contributed by atoms with Gasteiger partial charge >= 0.3 is 0 Å². The van der Waals surface area contributed by atoms with E-state index in [9.17, 15) is 0 Å². The molecule has 0 saturated carbocycles. The van der Waals surface area contributed by atoms with Crippen LogP contribution in [0, 0.1) is 0 Å². The predicted octanol–water partition coefficient (Wildman–Crippen LogP) is 2.29. The lowest BCUT2D eigenvalue weighted by molar-refractivity contribution is 0.294. The lowest BCUT2D eigenvalue weighted by Crippen LogP contribution is -2.39. The van der Waals surface area contributed by atoms with Crippen molar-refractivity contribution >= 4 is 0 Å². The summed E-state index contributed by atoms with van der Waals surface area (Å²) in [6, 6.07) is 2.23. The standard InChI is InChI=1S/C13H21N3/c1-2-3-12-8-14-9-16(12)13-6-10-4-5-11(7-13)15-10/h8-11,13,15H,2-7H2,1H3. The van der Waals surface area contributed by atoms with Gasteiger partial charge in [-0.05, 0) is 32.1 Å². The smallest absolute Gasteiger partial charge is 0.0950 e. The fourth-order valence-corrected chi connectivity index (χ4v) is 3.36. The van der Waals surface area contributed by atoms with Gasteiger partial charge in [0.05, 0.1) is 6.33 Å². The highest BCUT2D eigenvalue weighted by Crippen LogP contribution is 2.34. The summed E-state index contributed by atoms with van der Waals surface area (Å²) in [5.41, 5.74) is 1.42. The average molecular weight is 219 g/mol. The van der Waals surface area contributed by atoms with Crippen LogP contribution >= 0.6 is 0 Å². The van der Waals surface area contributed by atoms with Crippen LogP contribution in [-0.2, 0) is 6.42 Å². The van der Waals surface area contributed by atoms with Crippen molar-refractivity contribution in [3.05, 3.63) is 18.2 Å². The first-order chi connectivity index (χ1) is 7.86. The van der Waals surface area contributed by atoms with Crippen molar-refractivity contribution in [2.75, 3.05) is 0 Å². The van der Waals surface area contributed by atoms with E-state index in [1.165, 1.54) is 44.2 Å². The summed E-state index contributed by atoms with van der Waals surface area (Å²) in [5.74, 6) is 0. The monoisotopic (exact) mass is 219 g/mol. The molecule has 2 atom stereocenters. The molecule has 0 amide bonds. The van der Waals surface area contributed by atoms with Crippen LogP contribution in [0.3, 0.4) is 0 Å². The van der Waals surface area contributed by atoms with Gasteiger partial charge in [0.25, 0.3) is 0 Å². The quantitative estimate of drug-likeness (QED) is 0.845. The summed E-state index contributed by atoms with van der Waals surface area (Å²) in [6.07, 6.45) is 11.8. The summed E-state index contributed by atoms with van der Waals surface area (Å²) < 4.78 is 2.44. The van der Waals surface area contributed by atoms with Crippen molar-refractivity contribution in [2.24, 2.45) is 0 Å². The summed E-state index contributed by atoms with van der Waals surface area (Å²) in [4.78, 5) is 4.33. The lowest BCUT2D eigenvalue weighted by Gasteiger charge is -2.31. The van der Waals surface area contributed by atoms with Crippen LogP contribution in [0.1, 0.15) is 50.8 Å². The van der Waals surface area contributed by atoms with Gasteiger partial charge in [-0.1, -0.05) is 13.3 Å². The maximum absolute atomic E-state index is 4.33. The third kappa shape index (κ3) is 1.77. The van der Waals surface area contributed by atoms with E-state index in [1.54, 1.807) is 0 Å². The fourth-order valence-electron chi connectivity index (χ4n) is 3.36. The van der Waals surface area contributed by atoms with Crippen molar-refractivity contribution in [3.63, 3.8) is 0 Å². The Morgan fingerprint density at radius 2 is 2.12 bits per heavy atom. The van der Waals surface area contributed by atoms with Gasteiger partial charge in [-0.25, -0.2) is 4.98 Å². The number of rotatable bonds is 3. The minimum Gasteiger partial charge on any atom is -0.331 e. The maximum atomic E-state index is 4.33. The highest BCUT2D eigenvalue weighted by molar-refractivity contribution is 5.04. The molecule has 16 heavy (non-hydrogen) atoms. The number of hydrogen-bond donors (Lipinski definition) is 1. The van der Waals surface area contributed by atoms with Gasteiger partial charge in [0, 0.05) is 30.0 Å². The Morgan fingerprint density at radius 1 is 1.38 bits per heavy atom. The fraction of sp³-hybridized carbons (Fsp3) is 0.769. The number of nitrogens with one attached hydrogen (secondary N) is 1. The second-order valence-corrected chi connectivity index (χ2v) is 5.31. The molecule has 3 heteroatoms. The molecule has 2 unspecified atom stereocenters. The number of fused-ring (bicyclic) bond motifs is 2. The largest absolute Gasteiger partial charge is 0.331 e. The van der Waals surface area contributed by atoms with Gasteiger partial charge in [0.1, 0.15) is 0 Å². The summed E-state index contributed by atoms with van der Waals surface area (Å²) in [7, 11) is 0. The molecule has 3 rings (SSSR count). The zero-order chi connectivity index (χ0) is 11.0. The molecule has 0 aliphatic carbocycles. The van der Waals surface area contributed by atoms with Gasteiger partial charge in [0.15, 0.2) is 0 Å². The van der Waals surface area contributed by atoms with Gasteiger partial charge < -0.3 is 9.88 Å². The molecule has 0 aromatic carbocycles. The molecule has 3 nitrogen and oxygen atoms in total. The lowest BCUT2D eigenvalue weighted by atomic mass is 9.99. The van der Waals surface area contributed by atoms with Crippen LogP contribution in [0.5, 0.6) is 0 Å². The molecule has 3 heterocycles. The summed E-state index contributed by atoms with van der Waals surface area (Å²) >= 11 is 0. The molecule has 1 aromatic rings. The van der Waals surface area contributed by atoms with Crippen LogP contribution in [0.15, 0.2) is 12.5 Å². The van der Waals surface area contributed by atoms with E-state index in [1.807, 2.05) is 12.5 Å². The van der Waals surface area contributed by atoms with Gasteiger partial charge in [-0.2, -0.15) is 0 Å². The molecule has 2 aliphatic heterocycles. The zero-order valence-electron chi connectivity index (χ0n) is 10.0. The molecule has 2 saturated heterocycles. The topological polar surface area (TPSA) is 29.9 Å². The van der Waals surface area contributed by atoms with E-state index >= 15 is 0 Å². The molecule has 1 aromatic heterocycles. The average Bonchev–Trinajstić information content (AvgIpc) is 2.86. The normalized spacial score (nSPS) is 33.2. The Morgan fingerprint density at radius 3 is 2.81 bits per heavy atom. The van der Waals surface area contributed by atoms with Crippen molar-refractivity contribution in [1.29, 1.82) is 0 Å². The Labute approximate surface area is 97.3 Å². The molecule has 0 spiro atoms. The van der Waals surface area contributed by atoms with Crippen molar-refractivity contribution < 1.29 is 0 Å². The predicted molar refractivity (Wildman–Crippen MR) is 64.4 cm³/mol. The molecule has 0 radical (unpaired) electrons. The molecule has 1 N–H and O–H groups in total. The van der Waals surface area contributed by atoms with Gasteiger partial charge in [-0.15, -0.1) is 0 Å². The van der Waals surface area contributed by atoms with Crippen LogP contribution in [0.2, 0.25) is 0 Å². The number of hydrogen-bond acceptors (Lipinski definition) is 2. The van der Waals surface area contributed by atoms with E-state index in [0.29, 0.717) is 6.04 Å². The Hall–Kier alpha value is -0.830. The summed E-state index contributed by atoms with van der Waals surface area (Å²) in [6.45, 7) is 2.24. The number of aryl methyl sites for hydroxylation is 1. The first kappa shape index (κ1) is 10.3. The highest BCUT2D eigenvalue weighted by atomic mass is 15.1. The van der Waals surface area contributed by atoms with Gasteiger partial charge in [0.2, 0.25) is 0 Å². The van der Waals surface area contributed by atoms with Crippen molar-refractivity contribution in [3.8, 4) is 0 Å². The van der Waals surface area contributed by atoms with Crippen LogP contribution in [-0.4, -0.2) is 21.6 Å². The van der Waals surface area contributed by atoms with E-state index < -0.39 is 0 Å². The summed E-state index contributed by atoms with van der Waals surface area (Å²) in [5, 5.41) is 3.70. The van der Waals surface area contributed by atoms with Crippen molar-refractivity contribution in [1.82, 2.24) is 14.9 Å². The molecule has 2 bridgehead atoms. The Kier molecular flexibility index (Phi) is 2.72. The molecular formula is C13H21N3. The zero-order valence-corrected chi connectivity index (χ0v) is 10.0. The van der Waals surface area contributed by atoms with E-state index in [4.69, 9.17) is 0 Å². The van der Waals surface area contributed by atoms with Gasteiger partial charge in [-0.3, -0.25) is 0 Å². The number of piperidine rings is 1. The third-order valence-corrected chi connectivity index (χ3v) is 4.09. The first-order valence-corrected chi connectivity index (χ1v) is 6.63. The number of aromatic nitrogens is 2. The maximum Gasteiger partial charge on any atom is 0.0950 e. The molecule has 2 aliphatic rings. The Bertz CT molecular complexity index is 346. The van der Waals surface area contributed by atoms with Crippen LogP contribution in [0.4, 0.5) is 0 Å². The SMILES string of the molecule is CCCc1cncn1C1CC2CCC(C1)N2. The van der Waals surface area contributed by atoms with Crippen LogP contribution in [0.25, 0.3) is 0 Å². The van der Waals surface area contributed by atoms with Crippen LogP contribution < -0.4 is 5.32 Å². The van der Waals surface area contributed by atoms with E-state index in [2.05, 4.69) is 21.8 Å². The third-order valence-electron chi connectivity index (χ3n) is 4.09. The Balaban J connectivity index is 1.78. The van der Waals surface area contributed by atoms with Crippen molar-refractivity contribution in [2.45, 2.75) is 63.6 Å². The minimum atomic E-state index is 0.697. The minimum absolute atomic E-state index is 0.697. The second-order valence-electron chi connectivity index (χ2n) is 5.31. The number of nitrogens with zero attached hydrogens (tertiary/aromatic N) is 2. The highest BCUT2D eigenvalue weighted by Gasteiger charge is 2.34. The first-order valence-electron chi connectivity index (χ1n) is 6.63. The van der Waals surface area contributed by atoms with E-state index in [-0.39, 0.29) is 0 Å². The van der Waals surface area contributed by atoms with E-state index in [0.717, 1.165) is 12.1 Å². The molecular weight excluding hydrogens is 198 g/mol.